The Morgan fingerprint density at radius 1 is 0.528 bits per heavy atom. The summed E-state index contributed by atoms with van der Waals surface area (Å²) in [4.78, 5) is 0. The maximum absolute atomic E-state index is 2.73. The lowest BCUT2D eigenvalue weighted by molar-refractivity contribution is 0.433. The van der Waals surface area contributed by atoms with Crippen LogP contribution in [0.2, 0.25) is 0 Å². The van der Waals surface area contributed by atoms with Crippen molar-refractivity contribution >= 4 is 12.2 Å². The molecule has 0 amide bonds. The Labute approximate surface area is 216 Å². The van der Waals surface area contributed by atoms with Crippen molar-refractivity contribution in [1.29, 1.82) is 0 Å². The lowest BCUT2D eigenvalue weighted by Crippen LogP contribution is -2.40. The van der Waals surface area contributed by atoms with E-state index >= 15 is 0 Å². The number of benzene rings is 3. The van der Waals surface area contributed by atoms with Crippen LogP contribution in [-0.4, -0.2) is 0 Å². The van der Waals surface area contributed by atoms with Crippen LogP contribution in [0, 0.1) is 0 Å². The molecule has 8 rings (SSSR count). The highest BCUT2D eigenvalue weighted by molar-refractivity contribution is 5.70. The molecular formula is C36H36. The van der Waals surface area contributed by atoms with Gasteiger partial charge in [0.15, 0.2) is 0 Å². The molecule has 3 aromatic rings. The molecule has 180 valence electrons. The maximum atomic E-state index is 2.73. The molecule has 0 aliphatic heterocycles. The zero-order chi connectivity index (χ0) is 23.7. The van der Waals surface area contributed by atoms with E-state index in [1.165, 1.54) is 80.9 Å². The molecule has 36 heavy (non-hydrogen) atoms. The standard InChI is InChI=1S/C36H36/c1-2-10-29-25(9-1)13-14-26(29)15-16-27-17-18-28-23-33-34(24-30(27)28)36(21-7-8-22-36)32-12-4-3-11-31(32)35(33)19-5-6-20-35/h1-4,9-14,17-18,23-24,26-27H,5-8,15-16,19-22H2. The maximum Gasteiger partial charge on any atom is 0.0209 e. The van der Waals surface area contributed by atoms with Gasteiger partial charge in [-0.3, -0.25) is 0 Å². The highest BCUT2D eigenvalue weighted by Gasteiger charge is 2.52. The molecule has 0 saturated heterocycles. The highest BCUT2D eigenvalue weighted by atomic mass is 14.6. The lowest BCUT2D eigenvalue weighted by atomic mass is 9.55. The summed E-state index contributed by atoms with van der Waals surface area (Å²) in [6, 6.07) is 24.0. The van der Waals surface area contributed by atoms with Gasteiger partial charge in [0.25, 0.3) is 0 Å². The summed E-state index contributed by atoms with van der Waals surface area (Å²) in [6.45, 7) is 0. The SMILES string of the molecule is C1=CC(CCC2C=Cc3cc4c(cc32)C2(CCCC2)c2ccccc2C42CCCC2)c2ccccc21. The van der Waals surface area contributed by atoms with E-state index in [1.54, 1.807) is 27.8 Å². The van der Waals surface area contributed by atoms with E-state index < -0.39 is 0 Å². The van der Waals surface area contributed by atoms with Crippen molar-refractivity contribution in [1.82, 2.24) is 0 Å². The normalized spacial score (nSPS) is 25.3. The molecule has 2 spiro atoms. The first kappa shape index (κ1) is 21.2. The molecule has 2 atom stereocenters. The number of fused-ring (bicyclic) bond motifs is 8. The first-order valence-electron chi connectivity index (χ1n) is 14.5. The minimum Gasteiger partial charge on any atom is -0.0764 e. The molecule has 0 heterocycles. The minimum atomic E-state index is 0.245. The van der Waals surface area contributed by atoms with E-state index in [1.807, 2.05) is 0 Å². The second kappa shape index (κ2) is 7.82. The molecule has 2 fully saturated rings. The summed E-state index contributed by atoms with van der Waals surface area (Å²) in [5.74, 6) is 1.13. The van der Waals surface area contributed by atoms with Crippen LogP contribution in [0.15, 0.2) is 72.8 Å². The van der Waals surface area contributed by atoms with Crippen molar-refractivity contribution in [3.63, 3.8) is 0 Å². The van der Waals surface area contributed by atoms with Crippen LogP contribution in [0.1, 0.15) is 121 Å². The average Bonchev–Trinajstić information content (AvgIpc) is 3.73. The Balaban J connectivity index is 1.20. The smallest absolute Gasteiger partial charge is 0.0209 e. The molecule has 0 N–H and O–H groups in total. The predicted octanol–water partition coefficient (Wildman–Crippen LogP) is 9.42. The first-order valence-corrected chi connectivity index (χ1v) is 14.5. The van der Waals surface area contributed by atoms with Gasteiger partial charge in [-0.2, -0.15) is 0 Å². The van der Waals surface area contributed by atoms with Crippen molar-refractivity contribution < 1.29 is 0 Å². The molecule has 0 aromatic heterocycles. The Bertz CT molecular complexity index is 1400. The van der Waals surface area contributed by atoms with Gasteiger partial charge in [-0.15, -0.1) is 0 Å². The van der Waals surface area contributed by atoms with Crippen LogP contribution in [0.5, 0.6) is 0 Å². The summed E-state index contributed by atoms with van der Waals surface area (Å²) in [6.07, 6.45) is 23.0. The second-order valence-corrected chi connectivity index (χ2v) is 12.3. The highest BCUT2D eigenvalue weighted by Crippen LogP contribution is 2.61. The fourth-order valence-electron chi connectivity index (χ4n) is 9.04. The first-order chi connectivity index (χ1) is 17.8. The fraction of sp³-hybridized carbons (Fsp3) is 0.389. The van der Waals surface area contributed by atoms with Gasteiger partial charge in [-0.1, -0.05) is 111 Å². The van der Waals surface area contributed by atoms with E-state index in [4.69, 9.17) is 0 Å². The monoisotopic (exact) mass is 468 g/mol. The topological polar surface area (TPSA) is 0 Å². The second-order valence-electron chi connectivity index (χ2n) is 12.3. The fourth-order valence-corrected chi connectivity index (χ4v) is 9.04. The Kier molecular flexibility index (Phi) is 4.61. The van der Waals surface area contributed by atoms with Gasteiger partial charge in [-0.25, -0.2) is 0 Å². The largest absolute Gasteiger partial charge is 0.0764 e. The van der Waals surface area contributed by atoms with Gasteiger partial charge in [-0.05, 0) is 83.0 Å². The number of allylic oxidation sites excluding steroid dienone is 2. The summed E-state index contributed by atoms with van der Waals surface area (Å²) in [5, 5.41) is 0. The zero-order valence-electron chi connectivity index (χ0n) is 21.3. The van der Waals surface area contributed by atoms with Crippen molar-refractivity contribution in [3.8, 4) is 0 Å². The van der Waals surface area contributed by atoms with Crippen molar-refractivity contribution in [2.24, 2.45) is 0 Å². The van der Waals surface area contributed by atoms with Crippen molar-refractivity contribution in [2.75, 3.05) is 0 Å². The van der Waals surface area contributed by atoms with Crippen LogP contribution in [0.4, 0.5) is 0 Å². The molecule has 0 radical (unpaired) electrons. The van der Waals surface area contributed by atoms with Crippen molar-refractivity contribution in [3.05, 3.63) is 117 Å². The van der Waals surface area contributed by atoms with Gasteiger partial charge < -0.3 is 0 Å². The Hall–Kier alpha value is -2.86. The number of rotatable bonds is 3. The van der Waals surface area contributed by atoms with Crippen molar-refractivity contribution in [2.45, 2.75) is 86.9 Å². The average molecular weight is 469 g/mol. The summed E-state index contributed by atoms with van der Waals surface area (Å²) in [5.41, 5.74) is 13.4. The van der Waals surface area contributed by atoms with E-state index in [-0.39, 0.29) is 10.8 Å². The zero-order valence-corrected chi connectivity index (χ0v) is 21.3. The predicted molar refractivity (Wildman–Crippen MR) is 151 cm³/mol. The third-order valence-corrected chi connectivity index (χ3v) is 10.7. The van der Waals surface area contributed by atoms with Crippen LogP contribution >= 0.6 is 0 Å². The van der Waals surface area contributed by atoms with Gasteiger partial charge >= 0.3 is 0 Å². The van der Waals surface area contributed by atoms with Crippen LogP contribution in [0.25, 0.3) is 12.2 Å². The molecule has 2 unspecified atom stereocenters. The molecule has 2 saturated carbocycles. The van der Waals surface area contributed by atoms with Crippen LogP contribution in [-0.2, 0) is 10.8 Å². The molecule has 3 aromatic carbocycles. The summed E-state index contributed by atoms with van der Waals surface area (Å²) >= 11 is 0. The Morgan fingerprint density at radius 2 is 1.06 bits per heavy atom. The third-order valence-electron chi connectivity index (χ3n) is 10.7. The minimum absolute atomic E-state index is 0.245. The van der Waals surface area contributed by atoms with Gasteiger partial charge in [0.05, 0.1) is 0 Å². The molecule has 0 heteroatoms. The van der Waals surface area contributed by atoms with Gasteiger partial charge in [0.1, 0.15) is 0 Å². The summed E-state index contributed by atoms with van der Waals surface area (Å²) < 4.78 is 0. The lowest BCUT2D eigenvalue weighted by Gasteiger charge is -2.47. The molecule has 5 aliphatic carbocycles. The molecule has 0 bridgehead atoms. The molecular weight excluding hydrogens is 432 g/mol. The third kappa shape index (κ3) is 2.82. The van der Waals surface area contributed by atoms with Crippen LogP contribution < -0.4 is 0 Å². The van der Waals surface area contributed by atoms with E-state index in [0.29, 0.717) is 11.8 Å². The molecule has 5 aliphatic rings. The van der Waals surface area contributed by atoms with Crippen LogP contribution in [0.3, 0.4) is 0 Å². The summed E-state index contributed by atoms with van der Waals surface area (Å²) in [7, 11) is 0. The Morgan fingerprint density at radius 3 is 1.72 bits per heavy atom. The number of hydrogen-bond acceptors (Lipinski definition) is 0. The van der Waals surface area contributed by atoms with E-state index in [2.05, 4.69) is 85.0 Å². The molecule has 0 nitrogen and oxygen atoms in total. The van der Waals surface area contributed by atoms with Gasteiger partial charge in [0, 0.05) is 22.7 Å². The van der Waals surface area contributed by atoms with E-state index in [9.17, 15) is 0 Å². The number of hydrogen-bond donors (Lipinski definition) is 0. The quantitative estimate of drug-likeness (QED) is 0.359. The van der Waals surface area contributed by atoms with E-state index in [0.717, 1.165) is 0 Å². The van der Waals surface area contributed by atoms with Gasteiger partial charge in [0.2, 0.25) is 0 Å².